The highest BCUT2D eigenvalue weighted by molar-refractivity contribution is 7.89. The number of carbonyl (C=O) groups is 1. The van der Waals surface area contributed by atoms with Crippen molar-refractivity contribution in [2.24, 2.45) is 0 Å². The van der Waals surface area contributed by atoms with E-state index in [-0.39, 0.29) is 23.2 Å². The number of nitrogens with zero attached hydrogens (tertiary/aromatic N) is 1. The topological polar surface area (TPSA) is 88.8 Å². The summed E-state index contributed by atoms with van der Waals surface area (Å²) in [4.78, 5) is 11.9. The van der Waals surface area contributed by atoms with Crippen LogP contribution in [0.15, 0.2) is 52.0 Å². The first-order valence-corrected chi connectivity index (χ1v) is 9.56. The van der Waals surface area contributed by atoms with E-state index < -0.39 is 10.0 Å². The molecule has 0 saturated carbocycles. The van der Waals surface area contributed by atoms with Crippen LogP contribution in [0.4, 0.5) is 0 Å². The van der Waals surface area contributed by atoms with E-state index in [9.17, 15) is 13.2 Å². The maximum atomic E-state index is 12.4. The van der Waals surface area contributed by atoms with Gasteiger partial charge in [0.1, 0.15) is 12.4 Å². The predicted octanol–water partition coefficient (Wildman–Crippen LogP) is 1.87. The fraction of sp³-hybridized carbons (Fsp3) is 0.353. The van der Waals surface area contributed by atoms with Crippen molar-refractivity contribution in [3.8, 4) is 5.75 Å². The summed E-state index contributed by atoms with van der Waals surface area (Å²) < 4.78 is 36.8. The highest BCUT2D eigenvalue weighted by Gasteiger charge is 2.26. The average Bonchev–Trinajstić information content (AvgIpc) is 3.32. The Morgan fingerprint density at radius 3 is 2.52 bits per heavy atom. The molecule has 0 spiro atoms. The second-order valence-electron chi connectivity index (χ2n) is 5.66. The summed E-state index contributed by atoms with van der Waals surface area (Å²) in [5.74, 6) is 0.491. The standard InChI is InChI=1S/C17H20N2O5S/c20-17(16-4-3-12-24-16)18-9-13-23-14-5-7-15(8-6-14)25(21,22)19-10-1-2-11-19/h3-8,12H,1-2,9-11,13H2,(H,18,20). The van der Waals surface area contributed by atoms with E-state index in [0.29, 0.717) is 25.4 Å². The molecular weight excluding hydrogens is 344 g/mol. The number of sulfonamides is 1. The smallest absolute Gasteiger partial charge is 0.287 e. The summed E-state index contributed by atoms with van der Waals surface area (Å²) in [5, 5.41) is 2.67. The molecule has 0 radical (unpaired) electrons. The van der Waals surface area contributed by atoms with Gasteiger partial charge in [0.05, 0.1) is 17.7 Å². The quantitative estimate of drug-likeness (QED) is 0.758. The van der Waals surface area contributed by atoms with E-state index in [0.717, 1.165) is 12.8 Å². The van der Waals surface area contributed by atoms with Crippen LogP contribution in [0, 0.1) is 0 Å². The van der Waals surface area contributed by atoms with Crippen molar-refractivity contribution in [3.05, 3.63) is 48.4 Å². The molecule has 2 heterocycles. The monoisotopic (exact) mass is 364 g/mol. The van der Waals surface area contributed by atoms with Gasteiger partial charge in [-0.3, -0.25) is 4.79 Å². The molecule has 1 aliphatic rings. The molecule has 8 heteroatoms. The lowest BCUT2D eigenvalue weighted by molar-refractivity contribution is 0.0919. The summed E-state index contributed by atoms with van der Waals surface area (Å²) in [6.45, 7) is 1.74. The van der Waals surface area contributed by atoms with E-state index >= 15 is 0 Å². The van der Waals surface area contributed by atoms with Gasteiger partial charge in [-0.2, -0.15) is 4.31 Å². The summed E-state index contributed by atoms with van der Waals surface area (Å²) in [6, 6.07) is 9.56. The number of hydrogen-bond acceptors (Lipinski definition) is 5. The summed E-state index contributed by atoms with van der Waals surface area (Å²) in [5.41, 5.74) is 0. The Balaban J connectivity index is 1.48. The molecule has 7 nitrogen and oxygen atoms in total. The van der Waals surface area contributed by atoms with Crippen molar-refractivity contribution >= 4 is 15.9 Å². The van der Waals surface area contributed by atoms with Crippen LogP contribution in [0.25, 0.3) is 0 Å². The SMILES string of the molecule is O=C(NCCOc1ccc(S(=O)(=O)N2CCCC2)cc1)c1ccco1. The Labute approximate surface area is 146 Å². The lowest BCUT2D eigenvalue weighted by atomic mass is 10.3. The van der Waals surface area contributed by atoms with Gasteiger partial charge < -0.3 is 14.5 Å². The second-order valence-corrected chi connectivity index (χ2v) is 7.60. The zero-order valence-electron chi connectivity index (χ0n) is 13.7. The molecule has 0 bridgehead atoms. The van der Waals surface area contributed by atoms with Crippen LogP contribution in [0.3, 0.4) is 0 Å². The van der Waals surface area contributed by atoms with Crippen LogP contribution in [0.5, 0.6) is 5.75 Å². The van der Waals surface area contributed by atoms with Gasteiger partial charge in [0.15, 0.2) is 5.76 Å². The fourth-order valence-corrected chi connectivity index (χ4v) is 4.13. The molecule has 1 fully saturated rings. The number of hydrogen-bond donors (Lipinski definition) is 1. The van der Waals surface area contributed by atoms with Gasteiger partial charge in [-0.1, -0.05) is 0 Å². The number of ether oxygens (including phenoxy) is 1. The molecule has 1 aromatic carbocycles. The Hall–Kier alpha value is -2.32. The fourth-order valence-electron chi connectivity index (χ4n) is 2.61. The summed E-state index contributed by atoms with van der Waals surface area (Å²) in [6.07, 6.45) is 3.25. The molecule has 1 aliphatic heterocycles. The zero-order valence-corrected chi connectivity index (χ0v) is 14.5. The van der Waals surface area contributed by atoms with Crippen molar-refractivity contribution in [1.82, 2.24) is 9.62 Å². The number of rotatable bonds is 7. The molecule has 2 aromatic rings. The largest absolute Gasteiger partial charge is 0.492 e. The van der Waals surface area contributed by atoms with Gasteiger partial charge in [-0.25, -0.2) is 8.42 Å². The van der Waals surface area contributed by atoms with E-state index in [4.69, 9.17) is 9.15 Å². The van der Waals surface area contributed by atoms with E-state index in [1.165, 1.54) is 10.6 Å². The molecule has 25 heavy (non-hydrogen) atoms. The van der Waals surface area contributed by atoms with E-state index in [2.05, 4.69) is 5.32 Å². The van der Waals surface area contributed by atoms with Crippen molar-refractivity contribution in [2.45, 2.75) is 17.7 Å². The van der Waals surface area contributed by atoms with Gasteiger partial charge in [-0.15, -0.1) is 0 Å². The van der Waals surface area contributed by atoms with Gasteiger partial charge in [0.25, 0.3) is 5.91 Å². The van der Waals surface area contributed by atoms with E-state index in [1.807, 2.05) is 0 Å². The predicted molar refractivity (Wildman–Crippen MR) is 91.0 cm³/mol. The second kappa shape index (κ2) is 7.71. The van der Waals surface area contributed by atoms with Crippen LogP contribution in [0.1, 0.15) is 23.4 Å². The number of nitrogens with one attached hydrogen (secondary N) is 1. The molecule has 3 rings (SSSR count). The highest BCUT2D eigenvalue weighted by Crippen LogP contribution is 2.22. The maximum absolute atomic E-state index is 12.4. The minimum atomic E-state index is -3.41. The minimum Gasteiger partial charge on any atom is -0.492 e. The third kappa shape index (κ3) is 4.21. The van der Waals surface area contributed by atoms with Crippen LogP contribution in [0.2, 0.25) is 0 Å². The Morgan fingerprint density at radius 2 is 1.88 bits per heavy atom. The van der Waals surface area contributed by atoms with Crippen LogP contribution in [-0.4, -0.2) is 44.9 Å². The maximum Gasteiger partial charge on any atom is 0.287 e. The molecule has 1 amide bonds. The van der Waals surface area contributed by atoms with Gasteiger partial charge in [0.2, 0.25) is 10.0 Å². The number of furan rings is 1. The van der Waals surface area contributed by atoms with Gasteiger partial charge in [-0.05, 0) is 49.2 Å². The Bertz CT molecular complexity index is 794. The highest BCUT2D eigenvalue weighted by atomic mass is 32.2. The summed E-state index contributed by atoms with van der Waals surface area (Å²) >= 11 is 0. The molecule has 1 saturated heterocycles. The molecule has 134 valence electrons. The third-order valence-electron chi connectivity index (χ3n) is 3.93. The lowest BCUT2D eigenvalue weighted by Gasteiger charge is -2.15. The van der Waals surface area contributed by atoms with Crippen molar-refractivity contribution in [2.75, 3.05) is 26.2 Å². The van der Waals surface area contributed by atoms with E-state index in [1.54, 1.807) is 36.4 Å². The molecule has 0 unspecified atom stereocenters. The van der Waals surface area contributed by atoms with Crippen LogP contribution >= 0.6 is 0 Å². The first-order chi connectivity index (χ1) is 12.1. The Kier molecular flexibility index (Phi) is 5.40. The van der Waals surface area contributed by atoms with Crippen molar-refractivity contribution in [3.63, 3.8) is 0 Å². The van der Waals surface area contributed by atoms with Gasteiger partial charge in [0, 0.05) is 13.1 Å². The number of carbonyl (C=O) groups excluding carboxylic acids is 1. The van der Waals surface area contributed by atoms with Crippen molar-refractivity contribution < 1.29 is 22.4 Å². The molecule has 1 aromatic heterocycles. The molecule has 1 N–H and O–H groups in total. The summed E-state index contributed by atoms with van der Waals surface area (Å²) in [7, 11) is -3.41. The molecule has 0 aliphatic carbocycles. The lowest BCUT2D eigenvalue weighted by Crippen LogP contribution is -2.28. The van der Waals surface area contributed by atoms with Gasteiger partial charge >= 0.3 is 0 Å². The van der Waals surface area contributed by atoms with Crippen molar-refractivity contribution in [1.29, 1.82) is 0 Å². The number of benzene rings is 1. The first-order valence-electron chi connectivity index (χ1n) is 8.12. The Morgan fingerprint density at radius 1 is 1.16 bits per heavy atom. The average molecular weight is 364 g/mol. The minimum absolute atomic E-state index is 0.247. The zero-order chi connectivity index (χ0) is 17.7. The van der Waals surface area contributed by atoms with Crippen LogP contribution < -0.4 is 10.1 Å². The van der Waals surface area contributed by atoms with Crippen LogP contribution in [-0.2, 0) is 10.0 Å². The first kappa shape index (κ1) is 17.5. The normalized spacial score (nSPS) is 15.2. The molecular formula is C17H20N2O5S. The third-order valence-corrected chi connectivity index (χ3v) is 5.84. The molecule has 0 atom stereocenters. The number of amides is 1.